The van der Waals surface area contributed by atoms with Crippen LogP contribution in [0.1, 0.15) is 15.9 Å². The van der Waals surface area contributed by atoms with Crippen LogP contribution in [-0.4, -0.2) is 23.9 Å². The van der Waals surface area contributed by atoms with Crippen LogP contribution in [0.2, 0.25) is 5.02 Å². The highest BCUT2D eigenvalue weighted by atomic mass is 79.9. The number of hydrogen-bond donors (Lipinski definition) is 1. The lowest BCUT2D eigenvalue weighted by atomic mass is 10.1. The number of carbonyl (C=O) groups excluding carboxylic acids is 2. The molecule has 24 heavy (non-hydrogen) atoms. The lowest BCUT2D eigenvalue weighted by Crippen LogP contribution is -2.24. The number of rotatable bonds is 5. The summed E-state index contributed by atoms with van der Waals surface area (Å²) in [5.41, 5.74) is 0.542. The summed E-state index contributed by atoms with van der Waals surface area (Å²) in [5, 5.41) is 3.38. The number of hydrogen-bond acceptors (Lipinski definition) is 5. The highest BCUT2D eigenvalue weighted by Gasteiger charge is 2.21. The van der Waals surface area contributed by atoms with Gasteiger partial charge in [0.15, 0.2) is 0 Å². The van der Waals surface area contributed by atoms with Gasteiger partial charge in [0.25, 0.3) is 5.56 Å². The van der Waals surface area contributed by atoms with E-state index in [9.17, 15) is 14.4 Å². The molecule has 1 aromatic carbocycles. The van der Waals surface area contributed by atoms with Crippen molar-refractivity contribution >= 4 is 51.3 Å². The normalized spacial score (nSPS) is 10.3. The number of halogens is 2. The number of methoxy groups -OCH3 is 1. The molecule has 8 heteroatoms. The Morgan fingerprint density at radius 3 is 2.71 bits per heavy atom. The molecule has 0 atom stereocenters. The predicted octanol–water partition coefficient (Wildman–Crippen LogP) is 3.07. The highest BCUT2D eigenvalue weighted by Crippen LogP contribution is 2.30. The Hall–Kier alpha value is -2.12. The molecule has 0 saturated heterocycles. The molecule has 0 fully saturated rings. The number of ether oxygens (including phenoxy) is 1. The van der Waals surface area contributed by atoms with E-state index in [0.29, 0.717) is 17.0 Å². The molecule has 1 N–H and O–H groups in total. The van der Waals surface area contributed by atoms with Gasteiger partial charge in [-0.2, -0.15) is 0 Å². The number of aldehydes is 1. The molecule has 0 aliphatic carbocycles. The zero-order chi connectivity index (χ0) is 17.9. The quantitative estimate of drug-likeness (QED) is 0.602. The minimum absolute atomic E-state index is 0.0801. The molecular formula is C16H14BrClN2O4. The number of aromatic nitrogens is 1. The molecule has 1 aromatic heterocycles. The average molecular weight is 414 g/mol. The number of benzene rings is 1. The molecule has 0 saturated carbocycles. The third-order valence-electron chi connectivity index (χ3n) is 3.40. The topological polar surface area (TPSA) is 77.4 Å². The van der Waals surface area contributed by atoms with Crippen molar-refractivity contribution in [1.29, 1.82) is 0 Å². The Kier molecular flexibility index (Phi) is 5.80. The predicted molar refractivity (Wildman–Crippen MR) is 95.2 cm³/mol. The lowest BCUT2D eigenvalue weighted by Gasteiger charge is -2.18. The Labute approximate surface area is 151 Å². The first kappa shape index (κ1) is 18.2. The molecule has 0 aliphatic rings. The number of carbonyl (C=O) groups is 2. The van der Waals surface area contributed by atoms with E-state index in [1.807, 2.05) is 0 Å². The van der Waals surface area contributed by atoms with Crippen LogP contribution in [0.4, 0.5) is 11.5 Å². The molecule has 2 rings (SSSR count). The second-order valence-corrected chi connectivity index (χ2v) is 6.22. The molecule has 0 bridgehead atoms. The zero-order valence-electron chi connectivity index (χ0n) is 12.9. The maximum atomic E-state index is 12.2. The van der Waals surface area contributed by atoms with Crippen LogP contribution in [-0.2, 0) is 23.0 Å². The molecular weight excluding hydrogens is 400 g/mol. The van der Waals surface area contributed by atoms with Gasteiger partial charge in [-0.3, -0.25) is 9.36 Å². The number of nitrogens with zero attached hydrogens (tertiary/aromatic N) is 1. The number of anilines is 2. The van der Waals surface area contributed by atoms with E-state index in [1.165, 1.54) is 24.8 Å². The summed E-state index contributed by atoms with van der Waals surface area (Å²) in [7, 11) is 2.74. The van der Waals surface area contributed by atoms with E-state index in [2.05, 4.69) is 21.2 Å². The van der Waals surface area contributed by atoms with Crippen molar-refractivity contribution in [3.8, 4) is 0 Å². The number of esters is 1. The van der Waals surface area contributed by atoms with Crippen LogP contribution in [0.15, 0.2) is 33.5 Å². The zero-order valence-corrected chi connectivity index (χ0v) is 15.3. The minimum Gasteiger partial charge on any atom is -0.465 e. The molecule has 0 unspecified atom stereocenters. The summed E-state index contributed by atoms with van der Waals surface area (Å²) in [4.78, 5) is 35.2. The van der Waals surface area contributed by atoms with Gasteiger partial charge in [0, 0.05) is 24.0 Å². The first-order valence-corrected chi connectivity index (χ1v) is 8.03. The monoisotopic (exact) mass is 412 g/mol. The van der Waals surface area contributed by atoms with Crippen molar-refractivity contribution in [3.63, 3.8) is 0 Å². The smallest absolute Gasteiger partial charge is 0.341 e. The maximum absolute atomic E-state index is 12.2. The third kappa shape index (κ3) is 3.68. The van der Waals surface area contributed by atoms with Gasteiger partial charge >= 0.3 is 5.97 Å². The van der Waals surface area contributed by atoms with Gasteiger partial charge in [-0.1, -0.05) is 27.5 Å². The summed E-state index contributed by atoms with van der Waals surface area (Å²) >= 11 is 9.49. The minimum atomic E-state index is -0.654. The van der Waals surface area contributed by atoms with Gasteiger partial charge in [-0.15, -0.1) is 0 Å². The van der Waals surface area contributed by atoms with E-state index in [0.717, 1.165) is 4.47 Å². The largest absolute Gasteiger partial charge is 0.465 e. The summed E-state index contributed by atoms with van der Waals surface area (Å²) in [6.45, 7) is 0. The maximum Gasteiger partial charge on any atom is 0.341 e. The summed E-state index contributed by atoms with van der Waals surface area (Å²) in [5.74, 6) is -0.450. The van der Waals surface area contributed by atoms with Gasteiger partial charge in [-0.05, 0) is 23.8 Å². The molecule has 126 valence electrons. The van der Waals surface area contributed by atoms with Gasteiger partial charge < -0.3 is 14.8 Å². The highest BCUT2D eigenvalue weighted by molar-refractivity contribution is 9.10. The van der Waals surface area contributed by atoms with Crippen LogP contribution in [0.3, 0.4) is 0 Å². The third-order valence-corrected chi connectivity index (χ3v) is 4.20. The molecule has 0 spiro atoms. The van der Waals surface area contributed by atoms with Crippen molar-refractivity contribution in [3.05, 3.63) is 55.2 Å². The standard InChI is InChI=1S/C16H14BrClN2O4/c1-20-13(22)7-9(5-6-21)14(16(23)24-2)15(20)19-12-4-3-10(17)8-11(12)18/h3-4,6-8,19H,5H2,1-2H3. The van der Waals surface area contributed by atoms with Crippen LogP contribution in [0.25, 0.3) is 0 Å². The van der Waals surface area contributed by atoms with Gasteiger partial charge in [0.05, 0.1) is 17.8 Å². The summed E-state index contributed by atoms with van der Waals surface area (Å²) in [6, 6.07) is 6.38. The summed E-state index contributed by atoms with van der Waals surface area (Å²) < 4.78 is 6.84. The van der Waals surface area contributed by atoms with Crippen LogP contribution >= 0.6 is 27.5 Å². The molecule has 2 aromatic rings. The van der Waals surface area contributed by atoms with Gasteiger partial charge in [0.1, 0.15) is 17.7 Å². The SMILES string of the molecule is COC(=O)c1c(CC=O)cc(=O)n(C)c1Nc1ccc(Br)cc1Cl. The van der Waals surface area contributed by atoms with Crippen molar-refractivity contribution in [2.24, 2.45) is 7.05 Å². The van der Waals surface area contributed by atoms with Gasteiger partial charge in [0.2, 0.25) is 0 Å². The second kappa shape index (κ2) is 7.63. The first-order chi connectivity index (χ1) is 11.4. The molecule has 0 amide bonds. The molecule has 1 heterocycles. The molecule has 6 nitrogen and oxygen atoms in total. The summed E-state index contributed by atoms with van der Waals surface area (Å²) in [6.07, 6.45) is 0.543. The number of nitrogens with one attached hydrogen (secondary N) is 1. The first-order valence-electron chi connectivity index (χ1n) is 6.86. The Bertz CT molecular complexity index is 864. The van der Waals surface area contributed by atoms with E-state index in [4.69, 9.17) is 16.3 Å². The van der Waals surface area contributed by atoms with Gasteiger partial charge in [-0.25, -0.2) is 4.79 Å². The van der Waals surface area contributed by atoms with E-state index < -0.39 is 5.97 Å². The van der Waals surface area contributed by atoms with Crippen LogP contribution < -0.4 is 10.9 Å². The Morgan fingerprint density at radius 1 is 1.42 bits per heavy atom. The fourth-order valence-electron chi connectivity index (χ4n) is 2.19. The van der Waals surface area contributed by atoms with E-state index >= 15 is 0 Å². The van der Waals surface area contributed by atoms with E-state index in [-0.39, 0.29) is 28.9 Å². The fourth-order valence-corrected chi connectivity index (χ4v) is 2.91. The second-order valence-electron chi connectivity index (χ2n) is 4.90. The van der Waals surface area contributed by atoms with Crippen molar-refractivity contribution in [1.82, 2.24) is 4.57 Å². The van der Waals surface area contributed by atoms with Crippen molar-refractivity contribution in [2.45, 2.75) is 6.42 Å². The Morgan fingerprint density at radius 2 is 2.12 bits per heavy atom. The lowest BCUT2D eigenvalue weighted by molar-refractivity contribution is -0.107. The van der Waals surface area contributed by atoms with Crippen molar-refractivity contribution in [2.75, 3.05) is 12.4 Å². The number of pyridine rings is 1. The Balaban J connectivity index is 2.68. The molecule has 0 radical (unpaired) electrons. The molecule has 0 aliphatic heterocycles. The van der Waals surface area contributed by atoms with E-state index in [1.54, 1.807) is 18.2 Å². The van der Waals surface area contributed by atoms with Crippen LogP contribution in [0, 0.1) is 0 Å². The van der Waals surface area contributed by atoms with Crippen molar-refractivity contribution < 1.29 is 14.3 Å². The average Bonchev–Trinajstić information content (AvgIpc) is 2.54. The fraction of sp³-hybridized carbons (Fsp3) is 0.188. The van der Waals surface area contributed by atoms with Crippen LogP contribution in [0.5, 0.6) is 0 Å².